The van der Waals surface area contributed by atoms with Crippen LogP contribution in [0.4, 0.5) is 34.1 Å². The van der Waals surface area contributed by atoms with Crippen molar-refractivity contribution in [3.63, 3.8) is 0 Å². The fourth-order valence-corrected chi connectivity index (χ4v) is 7.13. The number of aryl methyl sites for hydroxylation is 4. The first-order valence-corrected chi connectivity index (χ1v) is 19.7. The SMILES string of the molecule is CCCCc1ccc(-c2ccc(N(c3ccc(C)cc3)c3ccc(N(c4ccc(C)cc4)c4ccc(-c5ccc(CCCC)cc5)cc4)cc3)cc2)cc1. The first kappa shape index (κ1) is 36.5. The van der Waals surface area contributed by atoms with Crippen molar-refractivity contribution >= 4 is 34.1 Å². The molecule has 54 heavy (non-hydrogen) atoms. The molecule has 270 valence electrons. The van der Waals surface area contributed by atoms with E-state index in [1.54, 1.807) is 0 Å². The van der Waals surface area contributed by atoms with Gasteiger partial charge in [-0.1, -0.05) is 135 Å². The molecule has 0 unspecified atom stereocenters. The molecule has 0 heterocycles. The first-order valence-electron chi connectivity index (χ1n) is 19.7. The summed E-state index contributed by atoms with van der Waals surface area (Å²) in [5.74, 6) is 0. The van der Waals surface area contributed by atoms with Crippen molar-refractivity contribution in [3.05, 3.63) is 192 Å². The van der Waals surface area contributed by atoms with E-state index in [1.807, 2.05) is 0 Å². The van der Waals surface area contributed by atoms with Crippen LogP contribution < -0.4 is 9.80 Å². The Morgan fingerprint density at radius 3 is 0.778 bits per heavy atom. The quantitative estimate of drug-likeness (QED) is 0.111. The molecule has 0 amide bonds. The van der Waals surface area contributed by atoms with Gasteiger partial charge >= 0.3 is 0 Å². The second-order valence-corrected chi connectivity index (χ2v) is 14.6. The minimum absolute atomic E-state index is 1.11. The lowest BCUT2D eigenvalue weighted by atomic mass is 10.0. The Labute approximate surface area is 323 Å². The van der Waals surface area contributed by atoms with Crippen LogP contribution in [0.3, 0.4) is 0 Å². The van der Waals surface area contributed by atoms with Crippen molar-refractivity contribution in [1.29, 1.82) is 0 Å². The molecule has 0 fully saturated rings. The molecule has 0 spiro atoms. The molecule has 2 nitrogen and oxygen atoms in total. The van der Waals surface area contributed by atoms with Crippen LogP contribution in [0.25, 0.3) is 22.3 Å². The average Bonchev–Trinajstić information content (AvgIpc) is 3.22. The maximum atomic E-state index is 2.35. The molecule has 0 atom stereocenters. The van der Waals surface area contributed by atoms with E-state index in [0.717, 1.165) is 47.0 Å². The smallest absolute Gasteiger partial charge is 0.0463 e. The molecule has 0 radical (unpaired) electrons. The number of anilines is 6. The highest BCUT2D eigenvalue weighted by Crippen LogP contribution is 2.40. The van der Waals surface area contributed by atoms with E-state index in [1.165, 1.54) is 70.2 Å². The zero-order chi connectivity index (χ0) is 37.3. The van der Waals surface area contributed by atoms with Crippen LogP contribution in [-0.2, 0) is 12.8 Å². The van der Waals surface area contributed by atoms with E-state index in [4.69, 9.17) is 0 Å². The van der Waals surface area contributed by atoms with E-state index in [2.05, 4.69) is 207 Å². The van der Waals surface area contributed by atoms with Crippen LogP contribution in [0.15, 0.2) is 170 Å². The van der Waals surface area contributed by atoms with Gasteiger partial charge in [-0.15, -0.1) is 0 Å². The number of nitrogens with zero attached hydrogens (tertiary/aromatic N) is 2. The van der Waals surface area contributed by atoms with Crippen LogP contribution in [0.2, 0.25) is 0 Å². The van der Waals surface area contributed by atoms with Crippen molar-refractivity contribution in [1.82, 2.24) is 0 Å². The summed E-state index contributed by atoms with van der Waals surface area (Å²) in [7, 11) is 0. The van der Waals surface area contributed by atoms with Crippen LogP contribution in [0, 0.1) is 13.8 Å². The molecular formula is C52H52N2. The summed E-state index contributed by atoms with van der Waals surface area (Å²) >= 11 is 0. The summed E-state index contributed by atoms with van der Waals surface area (Å²) in [5.41, 5.74) is 17.0. The number of unbranched alkanes of at least 4 members (excludes halogenated alkanes) is 2. The van der Waals surface area contributed by atoms with E-state index >= 15 is 0 Å². The van der Waals surface area contributed by atoms with Crippen molar-refractivity contribution in [2.45, 2.75) is 66.2 Å². The summed E-state index contributed by atoms with van der Waals surface area (Å²) in [4.78, 5) is 4.69. The highest BCUT2D eigenvalue weighted by atomic mass is 15.2. The van der Waals surface area contributed by atoms with E-state index in [-0.39, 0.29) is 0 Å². The Balaban J connectivity index is 1.19. The number of hydrogen-bond donors (Lipinski definition) is 0. The maximum Gasteiger partial charge on any atom is 0.0463 e. The van der Waals surface area contributed by atoms with Gasteiger partial charge in [0.2, 0.25) is 0 Å². The van der Waals surface area contributed by atoms with Crippen LogP contribution in [0.5, 0.6) is 0 Å². The number of rotatable bonds is 14. The third-order valence-electron chi connectivity index (χ3n) is 10.4. The molecule has 7 aromatic carbocycles. The Bertz CT molecular complexity index is 2030. The molecule has 7 aromatic rings. The molecule has 2 heteroatoms. The Morgan fingerprint density at radius 1 is 0.296 bits per heavy atom. The van der Waals surface area contributed by atoms with E-state index in [0.29, 0.717) is 0 Å². The summed E-state index contributed by atoms with van der Waals surface area (Å²) in [5, 5.41) is 0. The Kier molecular flexibility index (Phi) is 11.7. The van der Waals surface area contributed by atoms with Gasteiger partial charge in [0.25, 0.3) is 0 Å². The van der Waals surface area contributed by atoms with Crippen molar-refractivity contribution in [2.24, 2.45) is 0 Å². The second-order valence-electron chi connectivity index (χ2n) is 14.6. The summed E-state index contributed by atoms with van der Waals surface area (Å²) in [6, 6.07) is 62.7. The van der Waals surface area contributed by atoms with Crippen LogP contribution in [0.1, 0.15) is 61.8 Å². The molecule has 0 N–H and O–H groups in total. The Hall–Kier alpha value is -5.86. The molecule has 0 bridgehead atoms. The van der Waals surface area contributed by atoms with Crippen LogP contribution >= 0.6 is 0 Å². The van der Waals surface area contributed by atoms with E-state index < -0.39 is 0 Å². The first-order chi connectivity index (χ1) is 26.5. The molecule has 0 saturated carbocycles. The van der Waals surface area contributed by atoms with E-state index in [9.17, 15) is 0 Å². The minimum atomic E-state index is 1.11. The van der Waals surface area contributed by atoms with Gasteiger partial charge in [0.1, 0.15) is 0 Å². The predicted molar refractivity (Wildman–Crippen MR) is 233 cm³/mol. The van der Waals surface area contributed by atoms with Gasteiger partial charge < -0.3 is 9.80 Å². The maximum absolute atomic E-state index is 2.35. The zero-order valence-corrected chi connectivity index (χ0v) is 32.3. The second kappa shape index (κ2) is 17.3. The van der Waals surface area contributed by atoms with Crippen LogP contribution in [-0.4, -0.2) is 0 Å². The molecular weight excluding hydrogens is 653 g/mol. The van der Waals surface area contributed by atoms with Crippen molar-refractivity contribution in [2.75, 3.05) is 9.80 Å². The molecule has 0 aromatic heterocycles. The summed E-state index contributed by atoms with van der Waals surface area (Å²) < 4.78 is 0. The van der Waals surface area contributed by atoms with Crippen molar-refractivity contribution < 1.29 is 0 Å². The normalized spacial score (nSPS) is 11.0. The molecule has 0 saturated heterocycles. The third-order valence-corrected chi connectivity index (χ3v) is 10.4. The average molecular weight is 705 g/mol. The van der Waals surface area contributed by atoms with Gasteiger partial charge in [-0.25, -0.2) is 0 Å². The lowest BCUT2D eigenvalue weighted by Gasteiger charge is -2.28. The minimum Gasteiger partial charge on any atom is -0.311 e. The lowest BCUT2D eigenvalue weighted by Crippen LogP contribution is -2.12. The fourth-order valence-electron chi connectivity index (χ4n) is 7.13. The largest absolute Gasteiger partial charge is 0.311 e. The highest BCUT2D eigenvalue weighted by molar-refractivity contribution is 5.82. The molecule has 0 aliphatic rings. The van der Waals surface area contributed by atoms with Gasteiger partial charge in [0, 0.05) is 34.1 Å². The topological polar surface area (TPSA) is 6.48 Å². The number of hydrogen-bond acceptors (Lipinski definition) is 2. The third kappa shape index (κ3) is 8.67. The van der Waals surface area contributed by atoms with Gasteiger partial charge in [0.15, 0.2) is 0 Å². The van der Waals surface area contributed by atoms with Gasteiger partial charge in [-0.05, 0) is 146 Å². The summed E-state index contributed by atoms with van der Waals surface area (Å²) in [6.07, 6.45) is 7.19. The number of benzene rings is 7. The Morgan fingerprint density at radius 2 is 0.519 bits per heavy atom. The lowest BCUT2D eigenvalue weighted by molar-refractivity contribution is 0.795. The van der Waals surface area contributed by atoms with Crippen molar-refractivity contribution in [3.8, 4) is 22.3 Å². The summed E-state index contributed by atoms with van der Waals surface area (Å²) in [6.45, 7) is 8.78. The monoisotopic (exact) mass is 704 g/mol. The zero-order valence-electron chi connectivity index (χ0n) is 32.3. The fraction of sp³-hybridized carbons (Fsp3) is 0.192. The molecule has 7 rings (SSSR count). The standard InChI is InChI=1S/C52H52N2/c1-5-7-9-41-15-19-43(20-16-41)45-23-31-49(32-24-45)53(47-27-11-39(3)12-28-47)51-35-37-52(38-36-51)54(48-29-13-40(4)14-30-48)50-33-25-46(26-34-50)44-21-17-42(18-22-44)10-8-6-2/h11-38H,5-10H2,1-4H3. The molecule has 0 aliphatic heterocycles. The van der Waals surface area contributed by atoms with Gasteiger partial charge in [-0.2, -0.15) is 0 Å². The predicted octanol–water partition coefficient (Wildman–Crippen LogP) is 15.3. The van der Waals surface area contributed by atoms with Gasteiger partial charge in [-0.3, -0.25) is 0 Å². The van der Waals surface area contributed by atoms with Gasteiger partial charge in [0.05, 0.1) is 0 Å². The highest BCUT2D eigenvalue weighted by Gasteiger charge is 2.17. The molecule has 0 aliphatic carbocycles.